The fourth-order valence-corrected chi connectivity index (χ4v) is 0.468. The Labute approximate surface area is 92.5 Å². The van der Waals surface area contributed by atoms with Crippen LogP contribution in [0.2, 0.25) is 0 Å². The van der Waals surface area contributed by atoms with Gasteiger partial charge in [-0.05, 0) is 6.42 Å². The summed E-state index contributed by atoms with van der Waals surface area (Å²) in [5.41, 5.74) is 0. The number of hydrogen-bond donors (Lipinski definition) is 1. The molecule has 0 spiro atoms. The first-order valence-electron chi connectivity index (χ1n) is 4.32. The van der Waals surface area contributed by atoms with Crippen molar-refractivity contribution in [3.05, 3.63) is 12.8 Å². The van der Waals surface area contributed by atoms with E-state index in [1.54, 1.807) is 0 Å². The Balaban J connectivity index is 0. The number of carbonyl (C=O) groups excluding carboxylic acids is 2. The van der Waals surface area contributed by atoms with Crippen LogP contribution in [-0.4, -0.2) is 30.1 Å². The maximum absolute atomic E-state index is 10.3. The molecule has 0 aliphatic rings. The summed E-state index contributed by atoms with van der Waals surface area (Å²) < 4.78 is 4.41. The molecule has 7 nitrogen and oxygen atoms in total. The Morgan fingerprint density at radius 1 is 1.44 bits per heavy atom. The summed E-state index contributed by atoms with van der Waals surface area (Å²) in [6.45, 7) is 4.54. The first kappa shape index (κ1) is 16.5. The molecule has 0 radical (unpaired) electrons. The van der Waals surface area contributed by atoms with Gasteiger partial charge in [-0.15, -0.1) is 0 Å². The number of rotatable bonds is 7. The van der Waals surface area contributed by atoms with Gasteiger partial charge in [0.2, 0.25) is 0 Å². The van der Waals surface area contributed by atoms with Gasteiger partial charge in [-0.1, -0.05) is 13.5 Å². The molecule has 0 aliphatic carbocycles. The maximum atomic E-state index is 10.3. The Bertz CT molecular complexity index is 224. The lowest BCUT2D eigenvalue weighted by Crippen LogP contribution is -2.06. The van der Waals surface area contributed by atoms with Crippen LogP contribution in [0.3, 0.4) is 0 Å². The number of hydrogen-bond acceptors (Lipinski definition) is 6. The smallest absolute Gasteiger partial charge is 0.334 e. The summed E-state index contributed by atoms with van der Waals surface area (Å²) in [6, 6.07) is 0. The minimum Gasteiger partial charge on any atom is -0.479 e. The number of ether oxygens (including phenoxy) is 1. The number of carboxylic acids is 1. The highest BCUT2D eigenvalue weighted by Crippen LogP contribution is 1.89. The molecular formula is C9H14O7. The van der Waals surface area contributed by atoms with Crippen molar-refractivity contribution in [2.24, 2.45) is 0 Å². The summed E-state index contributed by atoms with van der Waals surface area (Å²) in [6.07, 6.45) is 2.46. The quantitative estimate of drug-likeness (QED) is 0.172. The van der Waals surface area contributed by atoms with Crippen LogP contribution in [0, 0.1) is 0 Å². The van der Waals surface area contributed by atoms with Gasteiger partial charge in [0.1, 0.15) is 0 Å². The third-order valence-corrected chi connectivity index (χ3v) is 0.959. The SMILES string of the molecule is C=COC(=O)CCC.O=COOCC(=O)O. The lowest BCUT2D eigenvalue weighted by molar-refractivity contribution is -0.258. The predicted molar refractivity (Wildman–Crippen MR) is 51.9 cm³/mol. The van der Waals surface area contributed by atoms with E-state index in [9.17, 15) is 14.4 Å². The Hall–Kier alpha value is -1.89. The first-order chi connectivity index (χ1) is 7.58. The lowest BCUT2D eigenvalue weighted by atomic mass is 10.3. The highest BCUT2D eigenvalue weighted by molar-refractivity contribution is 5.69. The Kier molecular flexibility index (Phi) is 13.5. The van der Waals surface area contributed by atoms with Crippen LogP contribution in [-0.2, 0) is 28.9 Å². The van der Waals surface area contributed by atoms with Gasteiger partial charge in [-0.25, -0.2) is 4.79 Å². The second kappa shape index (κ2) is 13.1. The Morgan fingerprint density at radius 3 is 2.44 bits per heavy atom. The summed E-state index contributed by atoms with van der Waals surface area (Å²) >= 11 is 0. The standard InChI is InChI=1S/C6H10O2.C3H4O5/c1-3-5-6(7)8-4-2;4-2-8-7-1-3(5)6/h4H,2-3,5H2,1H3;2H,1H2,(H,5,6). The molecular weight excluding hydrogens is 220 g/mol. The van der Waals surface area contributed by atoms with Gasteiger partial charge in [0.05, 0.1) is 6.26 Å². The van der Waals surface area contributed by atoms with Gasteiger partial charge < -0.3 is 14.7 Å². The van der Waals surface area contributed by atoms with E-state index in [2.05, 4.69) is 21.1 Å². The third-order valence-electron chi connectivity index (χ3n) is 0.959. The summed E-state index contributed by atoms with van der Waals surface area (Å²) in [7, 11) is 0. The van der Waals surface area contributed by atoms with Crippen LogP contribution < -0.4 is 0 Å². The van der Waals surface area contributed by atoms with E-state index in [1.165, 1.54) is 0 Å². The van der Waals surface area contributed by atoms with Crippen molar-refractivity contribution in [1.82, 2.24) is 0 Å². The van der Waals surface area contributed by atoms with E-state index in [1.807, 2.05) is 6.92 Å². The summed E-state index contributed by atoms with van der Waals surface area (Å²) in [5.74, 6) is -1.39. The molecule has 0 heterocycles. The molecule has 1 N–H and O–H groups in total. The molecule has 16 heavy (non-hydrogen) atoms. The van der Waals surface area contributed by atoms with Crippen molar-refractivity contribution < 1.29 is 34.0 Å². The molecule has 0 saturated heterocycles. The van der Waals surface area contributed by atoms with Crippen molar-refractivity contribution in [3.8, 4) is 0 Å². The largest absolute Gasteiger partial charge is 0.479 e. The number of aliphatic carboxylic acids is 1. The Morgan fingerprint density at radius 2 is 2.06 bits per heavy atom. The van der Waals surface area contributed by atoms with Gasteiger partial charge in [-0.3, -0.25) is 9.59 Å². The average Bonchev–Trinajstić information content (AvgIpc) is 2.19. The third kappa shape index (κ3) is 18.0. The zero-order valence-corrected chi connectivity index (χ0v) is 8.88. The molecule has 0 amide bonds. The van der Waals surface area contributed by atoms with Crippen LogP contribution in [0.15, 0.2) is 12.8 Å². The van der Waals surface area contributed by atoms with Crippen LogP contribution in [0.1, 0.15) is 19.8 Å². The van der Waals surface area contributed by atoms with Gasteiger partial charge in [-0.2, -0.15) is 4.89 Å². The topological polar surface area (TPSA) is 99.1 Å². The highest BCUT2D eigenvalue weighted by Gasteiger charge is 1.94. The lowest BCUT2D eigenvalue weighted by Gasteiger charge is -1.92. The minimum absolute atomic E-state index is 0.00292. The zero-order chi connectivity index (χ0) is 12.8. The average molecular weight is 234 g/mol. The molecule has 0 bridgehead atoms. The van der Waals surface area contributed by atoms with Gasteiger partial charge in [0.25, 0.3) is 0 Å². The van der Waals surface area contributed by atoms with Crippen LogP contribution >= 0.6 is 0 Å². The molecule has 0 aromatic heterocycles. The van der Waals surface area contributed by atoms with E-state index in [0.717, 1.165) is 12.7 Å². The summed E-state index contributed by atoms with van der Waals surface area (Å²) in [5, 5.41) is 7.82. The molecule has 0 unspecified atom stereocenters. The van der Waals surface area contributed by atoms with E-state index >= 15 is 0 Å². The molecule has 0 rings (SSSR count). The minimum atomic E-state index is -1.19. The maximum Gasteiger partial charge on any atom is 0.334 e. The molecule has 92 valence electrons. The molecule has 0 atom stereocenters. The second-order valence-electron chi connectivity index (χ2n) is 2.25. The summed E-state index contributed by atoms with van der Waals surface area (Å²) in [4.78, 5) is 36.5. The fraction of sp³-hybridized carbons (Fsp3) is 0.444. The first-order valence-corrected chi connectivity index (χ1v) is 4.32. The second-order valence-corrected chi connectivity index (χ2v) is 2.25. The van der Waals surface area contributed by atoms with Crippen molar-refractivity contribution in [2.45, 2.75) is 19.8 Å². The monoisotopic (exact) mass is 234 g/mol. The molecule has 7 heteroatoms. The van der Waals surface area contributed by atoms with E-state index in [-0.39, 0.29) is 12.4 Å². The zero-order valence-electron chi connectivity index (χ0n) is 8.88. The van der Waals surface area contributed by atoms with Gasteiger partial charge >= 0.3 is 18.4 Å². The normalized spacial score (nSPS) is 8.06. The van der Waals surface area contributed by atoms with Crippen molar-refractivity contribution in [2.75, 3.05) is 6.61 Å². The molecule has 0 saturated carbocycles. The van der Waals surface area contributed by atoms with Crippen LogP contribution in [0.4, 0.5) is 0 Å². The molecule has 0 fully saturated rings. The van der Waals surface area contributed by atoms with Crippen molar-refractivity contribution in [1.29, 1.82) is 0 Å². The van der Waals surface area contributed by atoms with E-state index < -0.39 is 12.6 Å². The molecule has 0 aromatic rings. The number of carboxylic acid groups (broad SMARTS) is 1. The number of carbonyl (C=O) groups is 3. The molecule has 0 aliphatic heterocycles. The van der Waals surface area contributed by atoms with Crippen LogP contribution in [0.5, 0.6) is 0 Å². The van der Waals surface area contributed by atoms with Gasteiger partial charge in [0, 0.05) is 6.42 Å². The van der Waals surface area contributed by atoms with Crippen molar-refractivity contribution >= 4 is 18.4 Å². The molecule has 0 aromatic carbocycles. The van der Waals surface area contributed by atoms with Crippen LogP contribution in [0.25, 0.3) is 0 Å². The van der Waals surface area contributed by atoms with E-state index in [0.29, 0.717) is 6.42 Å². The van der Waals surface area contributed by atoms with Gasteiger partial charge in [0.15, 0.2) is 6.61 Å². The number of esters is 1. The van der Waals surface area contributed by atoms with Crippen molar-refractivity contribution in [3.63, 3.8) is 0 Å². The fourth-order valence-electron chi connectivity index (χ4n) is 0.468. The highest BCUT2D eigenvalue weighted by atomic mass is 17.2. The predicted octanol–water partition coefficient (Wildman–Crippen LogP) is 0.649. The van der Waals surface area contributed by atoms with E-state index in [4.69, 9.17) is 5.11 Å².